The zero-order valence-corrected chi connectivity index (χ0v) is 13.2. The average Bonchev–Trinajstić information content (AvgIpc) is 2.44. The highest BCUT2D eigenvalue weighted by atomic mass is 32.2. The van der Waals surface area contributed by atoms with Gasteiger partial charge < -0.3 is 10.6 Å². The van der Waals surface area contributed by atoms with Crippen molar-refractivity contribution >= 4 is 15.7 Å². The molecule has 1 heterocycles. The van der Waals surface area contributed by atoms with E-state index < -0.39 is 9.84 Å². The molecule has 0 aliphatic carbocycles. The molecule has 0 aromatic heterocycles. The monoisotopic (exact) mass is 310 g/mol. The molecule has 116 valence electrons. The first-order chi connectivity index (χ1) is 9.90. The number of amides is 1. The Kier molecular flexibility index (Phi) is 5.00. The van der Waals surface area contributed by atoms with Crippen LogP contribution in [0.5, 0.6) is 0 Å². The lowest BCUT2D eigenvalue weighted by Gasteiger charge is -2.26. The van der Waals surface area contributed by atoms with Crippen LogP contribution in [0.15, 0.2) is 29.2 Å². The van der Waals surface area contributed by atoms with Crippen LogP contribution in [0.2, 0.25) is 0 Å². The molecule has 0 bridgehead atoms. The van der Waals surface area contributed by atoms with E-state index in [9.17, 15) is 13.2 Å². The maximum absolute atomic E-state index is 12.0. The Morgan fingerprint density at radius 1 is 1.33 bits per heavy atom. The number of nitrogens with one attached hydrogen (secondary N) is 2. The summed E-state index contributed by atoms with van der Waals surface area (Å²) < 4.78 is 24.1. The van der Waals surface area contributed by atoms with E-state index in [1.807, 2.05) is 26.0 Å². The fourth-order valence-electron chi connectivity index (χ4n) is 2.40. The van der Waals surface area contributed by atoms with Crippen LogP contribution < -0.4 is 10.6 Å². The van der Waals surface area contributed by atoms with Crippen LogP contribution in [0.1, 0.15) is 31.9 Å². The number of carbonyl (C=O) groups excluding carboxylic acids is 1. The molecule has 2 rings (SSSR count). The van der Waals surface area contributed by atoms with Crippen LogP contribution in [-0.4, -0.2) is 33.2 Å². The number of hydrogen-bond donors (Lipinski definition) is 2. The molecule has 0 saturated carbocycles. The number of carbonyl (C=O) groups is 1. The Morgan fingerprint density at radius 3 is 2.76 bits per heavy atom. The van der Waals surface area contributed by atoms with Gasteiger partial charge in [-0.25, -0.2) is 8.42 Å². The molecule has 5 nitrogen and oxygen atoms in total. The maximum Gasteiger partial charge on any atom is 0.233 e. The van der Waals surface area contributed by atoms with Gasteiger partial charge in [0, 0.05) is 12.6 Å². The summed E-state index contributed by atoms with van der Waals surface area (Å²) in [4.78, 5) is 12.1. The fraction of sp³-hybridized carbons (Fsp3) is 0.533. The van der Waals surface area contributed by atoms with Crippen molar-refractivity contribution in [2.24, 2.45) is 5.92 Å². The highest BCUT2D eigenvalue weighted by Crippen LogP contribution is 2.31. The highest BCUT2D eigenvalue weighted by Gasteiger charge is 2.29. The van der Waals surface area contributed by atoms with E-state index >= 15 is 0 Å². The molecule has 1 atom stereocenters. The molecular formula is C15H22N2O3S. The van der Waals surface area contributed by atoms with Gasteiger partial charge in [-0.2, -0.15) is 0 Å². The summed E-state index contributed by atoms with van der Waals surface area (Å²) in [5.74, 6) is 0.471. The average molecular weight is 310 g/mol. The summed E-state index contributed by atoms with van der Waals surface area (Å²) in [5, 5.41) is 6.00. The minimum atomic E-state index is -3.18. The van der Waals surface area contributed by atoms with Gasteiger partial charge in [0.1, 0.15) is 0 Å². The predicted molar refractivity (Wildman–Crippen MR) is 81.7 cm³/mol. The number of sulfone groups is 1. The molecule has 0 radical (unpaired) electrons. The lowest BCUT2D eigenvalue weighted by molar-refractivity contribution is -0.120. The zero-order valence-electron chi connectivity index (χ0n) is 12.4. The quantitative estimate of drug-likeness (QED) is 0.859. The molecule has 0 fully saturated rings. The highest BCUT2D eigenvalue weighted by molar-refractivity contribution is 7.91. The van der Waals surface area contributed by atoms with E-state index in [-0.39, 0.29) is 24.2 Å². The molecule has 1 aliphatic rings. The van der Waals surface area contributed by atoms with Gasteiger partial charge in [-0.05, 0) is 24.0 Å². The molecule has 21 heavy (non-hydrogen) atoms. The van der Waals surface area contributed by atoms with E-state index in [1.165, 1.54) is 0 Å². The lowest BCUT2D eigenvalue weighted by Crippen LogP contribution is -2.39. The topological polar surface area (TPSA) is 75.3 Å². The maximum atomic E-state index is 12.0. The summed E-state index contributed by atoms with van der Waals surface area (Å²) in [6.07, 6.45) is 0.497. The van der Waals surface area contributed by atoms with Crippen molar-refractivity contribution in [3.8, 4) is 0 Å². The van der Waals surface area contributed by atoms with Crippen LogP contribution >= 0.6 is 0 Å². The number of hydrogen-bond acceptors (Lipinski definition) is 4. The van der Waals surface area contributed by atoms with E-state index in [4.69, 9.17) is 0 Å². The Bertz CT molecular complexity index is 611. The third-order valence-corrected chi connectivity index (χ3v) is 5.34. The molecule has 2 N–H and O–H groups in total. The van der Waals surface area contributed by atoms with Gasteiger partial charge in [-0.15, -0.1) is 0 Å². The molecular weight excluding hydrogens is 288 g/mol. The largest absolute Gasteiger partial charge is 0.355 e. The van der Waals surface area contributed by atoms with E-state index in [0.717, 1.165) is 5.56 Å². The molecule has 0 spiro atoms. The van der Waals surface area contributed by atoms with Crippen LogP contribution in [0.25, 0.3) is 0 Å². The Balaban J connectivity index is 2.01. The second kappa shape index (κ2) is 6.58. The molecule has 1 aromatic rings. The van der Waals surface area contributed by atoms with Crippen LogP contribution in [-0.2, 0) is 14.6 Å². The number of fused-ring (bicyclic) bond motifs is 1. The van der Waals surface area contributed by atoms with E-state index in [2.05, 4.69) is 10.6 Å². The zero-order chi connectivity index (χ0) is 15.5. The Hall–Kier alpha value is -1.40. The van der Waals surface area contributed by atoms with Gasteiger partial charge in [0.15, 0.2) is 9.84 Å². The molecule has 1 amide bonds. The van der Waals surface area contributed by atoms with Gasteiger partial charge >= 0.3 is 0 Å². The standard InChI is InChI=1S/C15H22N2O3S/c1-11(2)9-17-15(18)10-16-13-7-8-21(19,20)14-6-4-3-5-12(13)14/h3-6,11,13,16H,7-10H2,1-2H3,(H,17,18). The van der Waals surface area contributed by atoms with Crippen LogP contribution in [0, 0.1) is 5.92 Å². The minimum absolute atomic E-state index is 0.0605. The number of rotatable bonds is 5. The van der Waals surface area contributed by atoms with Gasteiger partial charge in [0.2, 0.25) is 5.91 Å². The summed E-state index contributed by atoms with van der Waals surface area (Å²) in [6, 6.07) is 6.92. The molecule has 0 saturated heterocycles. The van der Waals surface area contributed by atoms with Crippen molar-refractivity contribution in [2.75, 3.05) is 18.8 Å². The van der Waals surface area contributed by atoms with Crippen molar-refractivity contribution in [1.29, 1.82) is 0 Å². The first-order valence-electron chi connectivity index (χ1n) is 7.22. The third-order valence-electron chi connectivity index (χ3n) is 3.52. The number of benzene rings is 1. The lowest BCUT2D eigenvalue weighted by atomic mass is 10.0. The molecule has 1 unspecified atom stereocenters. The normalized spacial score (nSPS) is 20.0. The molecule has 1 aliphatic heterocycles. The van der Waals surface area contributed by atoms with Gasteiger partial charge in [-0.3, -0.25) is 4.79 Å². The summed E-state index contributed by atoms with van der Waals surface area (Å²) in [5.41, 5.74) is 0.764. The predicted octanol–water partition coefficient (Wildman–Crippen LogP) is 1.27. The molecule has 6 heteroatoms. The van der Waals surface area contributed by atoms with Crippen LogP contribution in [0.3, 0.4) is 0 Å². The minimum Gasteiger partial charge on any atom is -0.355 e. The molecule has 1 aromatic carbocycles. The van der Waals surface area contributed by atoms with Crippen molar-refractivity contribution in [3.63, 3.8) is 0 Å². The first-order valence-corrected chi connectivity index (χ1v) is 8.87. The van der Waals surface area contributed by atoms with Gasteiger partial charge in [0.25, 0.3) is 0 Å². The second-order valence-electron chi connectivity index (χ2n) is 5.78. The summed E-state index contributed by atoms with van der Waals surface area (Å²) >= 11 is 0. The first kappa shape index (κ1) is 16.0. The van der Waals surface area contributed by atoms with Crippen molar-refractivity contribution in [3.05, 3.63) is 29.8 Å². The van der Waals surface area contributed by atoms with E-state index in [0.29, 0.717) is 23.8 Å². The smallest absolute Gasteiger partial charge is 0.233 e. The second-order valence-corrected chi connectivity index (χ2v) is 7.85. The fourth-order valence-corrected chi connectivity index (χ4v) is 4.02. The van der Waals surface area contributed by atoms with Crippen molar-refractivity contribution < 1.29 is 13.2 Å². The Labute approximate surface area is 126 Å². The summed E-state index contributed by atoms with van der Waals surface area (Å²) in [6.45, 7) is 4.92. The van der Waals surface area contributed by atoms with Gasteiger partial charge in [-0.1, -0.05) is 32.0 Å². The van der Waals surface area contributed by atoms with Crippen LogP contribution in [0.4, 0.5) is 0 Å². The summed E-state index contributed by atoms with van der Waals surface area (Å²) in [7, 11) is -3.18. The van der Waals surface area contributed by atoms with Crippen molar-refractivity contribution in [1.82, 2.24) is 10.6 Å². The van der Waals surface area contributed by atoms with Crippen molar-refractivity contribution in [2.45, 2.75) is 31.2 Å². The SMILES string of the molecule is CC(C)CNC(=O)CNC1CCS(=O)(=O)c2ccccc21. The van der Waals surface area contributed by atoms with E-state index in [1.54, 1.807) is 12.1 Å². The Morgan fingerprint density at radius 2 is 2.05 bits per heavy atom. The third kappa shape index (κ3) is 4.04. The van der Waals surface area contributed by atoms with Gasteiger partial charge in [0.05, 0.1) is 17.2 Å².